The SMILES string of the molecule is CC(CO)NC(=O)NC1CCN(c2ccc(F)cc2F)C1. The van der Waals surface area contributed by atoms with Gasteiger partial charge in [0.25, 0.3) is 0 Å². The minimum atomic E-state index is -0.609. The summed E-state index contributed by atoms with van der Waals surface area (Å²) >= 11 is 0. The van der Waals surface area contributed by atoms with Crippen LogP contribution in [0.1, 0.15) is 13.3 Å². The van der Waals surface area contributed by atoms with Crippen molar-refractivity contribution >= 4 is 11.7 Å². The van der Waals surface area contributed by atoms with Crippen molar-refractivity contribution in [1.82, 2.24) is 10.6 Å². The van der Waals surface area contributed by atoms with E-state index >= 15 is 0 Å². The zero-order valence-electron chi connectivity index (χ0n) is 11.8. The van der Waals surface area contributed by atoms with Gasteiger partial charge in [0.15, 0.2) is 0 Å². The van der Waals surface area contributed by atoms with Crippen molar-refractivity contribution in [3.8, 4) is 0 Å². The standard InChI is InChI=1S/C14H19F2N3O2/c1-9(8-20)17-14(21)18-11-4-5-19(7-11)13-3-2-10(15)6-12(13)16/h2-3,6,9,11,20H,4-5,7-8H2,1H3,(H2,17,18,21). The van der Waals surface area contributed by atoms with Crippen molar-refractivity contribution in [3.05, 3.63) is 29.8 Å². The molecule has 116 valence electrons. The first-order chi connectivity index (χ1) is 9.99. The molecule has 2 amide bonds. The van der Waals surface area contributed by atoms with Gasteiger partial charge in [-0.05, 0) is 25.5 Å². The van der Waals surface area contributed by atoms with Crippen molar-refractivity contribution < 1.29 is 18.7 Å². The number of nitrogens with zero attached hydrogens (tertiary/aromatic N) is 1. The van der Waals surface area contributed by atoms with E-state index < -0.39 is 11.6 Å². The molecule has 0 aromatic heterocycles. The smallest absolute Gasteiger partial charge is 0.315 e. The maximum Gasteiger partial charge on any atom is 0.315 e. The van der Waals surface area contributed by atoms with Crippen LogP contribution in [-0.2, 0) is 0 Å². The molecule has 2 unspecified atom stereocenters. The van der Waals surface area contributed by atoms with E-state index in [1.54, 1.807) is 11.8 Å². The van der Waals surface area contributed by atoms with Crippen molar-refractivity contribution in [2.75, 3.05) is 24.6 Å². The molecule has 1 aliphatic rings. The lowest BCUT2D eigenvalue weighted by Gasteiger charge is -2.20. The molecule has 7 heteroatoms. The van der Waals surface area contributed by atoms with E-state index in [1.165, 1.54) is 12.1 Å². The van der Waals surface area contributed by atoms with Crippen LogP contribution in [0.3, 0.4) is 0 Å². The summed E-state index contributed by atoms with van der Waals surface area (Å²) in [5, 5.41) is 14.2. The summed E-state index contributed by atoms with van der Waals surface area (Å²) in [6.45, 7) is 2.60. The third kappa shape index (κ3) is 4.04. The Labute approximate surface area is 121 Å². The summed E-state index contributed by atoms with van der Waals surface area (Å²) < 4.78 is 26.6. The van der Waals surface area contributed by atoms with Crippen molar-refractivity contribution in [2.45, 2.75) is 25.4 Å². The first kappa shape index (κ1) is 15.5. The summed E-state index contributed by atoms with van der Waals surface area (Å²) in [7, 11) is 0. The molecule has 0 aliphatic carbocycles. The van der Waals surface area contributed by atoms with Crippen LogP contribution in [-0.4, -0.2) is 42.9 Å². The Morgan fingerprint density at radius 3 is 2.95 bits per heavy atom. The second-order valence-corrected chi connectivity index (χ2v) is 5.23. The second kappa shape index (κ2) is 6.71. The number of carbonyl (C=O) groups is 1. The molecule has 5 nitrogen and oxygen atoms in total. The van der Waals surface area contributed by atoms with E-state index in [-0.39, 0.29) is 24.7 Å². The maximum absolute atomic E-state index is 13.7. The fraction of sp³-hybridized carbons (Fsp3) is 0.500. The number of nitrogens with one attached hydrogen (secondary N) is 2. The molecule has 0 saturated carbocycles. The van der Waals surface area contributed by atoms with Gasteiger partial charge in [-0.1, -0.05) is 0 Å². The molecule has 3 N–H and O–H groups in total. The van der Waals surface area contributed by atoms with Crippen LogP contribution in [0.15, 0.2) is 18.2 Å². The van der Waals surface area contributed by atoms with Crippen molar-refractivity contribution in [1.29, 1.82) is 0 Å². The molecule has 1 aromatic carbocycles. The summed E-state index contributed by atoms with van der Waals surface area (Å²) in [5.41, 5.74) is 0.338. The Morgan fingerprint density at radius 1 is 1.52 bits per heavy atom. The van der Waals surface area contributed by atoms with Gasteiger partial charge in [-0.15, -0.1) is 0 Å². The van der Waals surface area contributed by atoms with Crippen molar-refractivity contribution in [3.63, 3.8) is 0 Å². The lowest BCUT2D eigenvalue weighted by atomic mass is 10.2. The molecule has 2 atom stereocenters. The number of urea groups is 1. The summed E-state index contributed by atoms with van der Waals surface area (Å²) in [4.78, 5) is 13.4. The first-order valence-electron chi connectivity index (χ1n) is 6.87. The quantitative estimate of drug-likeness (QED) is 0.783. The zero-order chi connectivity index (χ0) is 15.4. The molecule has 1 heterocycles. The fourth-order valence-corrected chi connectivity index (χ4v) is 2.33. The van der Waals surface area contributed by atoms with E-state index in [0.29, 0.717) is 25.2 Å². The van der Waals surface area contributed by atoms with Crippen LogP contribution < -0.4 is 15.5 Å². The van der Waals surface area contributed by atoms with Crippen LogP contribution in [0, 0.1) is 11.6 Å². The van der Waals surface area contributed by atoms with Crippen LogP contribution >= 0.6 is 0 Å². The molecular weight excluding hydrogens is 280 g/mol. The van der Waals surface area contributed by atoms with E-state index in [1.807, 2.05) is 0 Å². The number of hydrogen-bond acceptors (Lipinski definition) is 3. The number of hydrogen-bond donors (Lipinski definition) is 3. The summed E-state index contributed by atoms with van der Waals surface area (Å²) in [6.07, 6.45) is 0.678. The summed E-state index contributed by atoms with van der Waals surface area (Å²) in [6, 6.07) is 2.68. The number of benzene rings is 1. The van der Waals surface area contributed by atoms with E-state index in [0.717, 1.165) is 6.07 Å². The van der Waals surface area contributed by atoms with Crippen LogP contribution in [0.25, 0.3) is 0 Å². The van der Waals surface area contributed by atoms with Gasteiger partial charge >= 0.3 is 6.03 Å². The number of halogens is 2. The highest BCUT2D eigenvalue weighted by molar-refractivity contribution is 5.74. The molecule has 1 aliphatic heterocycles. The predicted molar refractivity (Wildman–Crippen MR) is 75.2 cm³/mol. The molecule has 0 radical (unpaired) electrons. The monoisotopic (exact) mass is 299 g/mol. The van der Waals surface area contributed by atoms with Gasteiger partial charge in [-0.2, -0.15) is 0 Å². The van der Waals surface area contributed by atoms with Crippen molar-refractivity contribution in [2.24, 2.45) is 0 Å². The average molecular weight is 299 g/mol. The van der Waals surface area contributed by atoms with E-state index in [9.17, 15) is 13.6 Å². The lowest BCUT2D eigenvalue weighted by molar-refractivity contribution is 0.218. The molecule has 2 rings (SSSR count). The number of rotatable bonds is 4. The molecular formula is C14H19F2N3O2. The Balaban J connectivity index is 1.90. The van der Waals surface area contributed by atoms with Crippen LogP contribution in [0.4, 0.5) is 19.3 Å². The number of anilines is 1. The summed E-state index contributed by atoms with van der Waals surface area (Å²) in [5.74, 6) is -1.21. The number of carbonyl (C=O) groups excluding carboxylic acids is 1. The van der Waals surface area contributed by atoms with Gasteiger partial charge in [0.1, 0.15) is 11.6 Å². The zero-order valence-corrected chi connectivity index (χ0v) is 11.8. The van der Waals surface area contributed by atoms with Gasteiger partial charge in [0.2, 0.25) is 0 Å². The Kier molecular flexibility index (Phi) is 4.95. The lowest BCUT2D eigenvalue weighted by Crippen LogP contribution is -2.47. The Morgan fingerprint density at radius 2 is 2.29 bits per heavy atom. The largest absolute Gasteiger partial charge is 0.394 e. The van der Waals surface area contributed by atoms with E-state index in [4.69, 9.17) is 5.11 Å². The fourth-order valence-electron chi connectivity index (χ4n) is 2.33. The average Bonchev–Trinajstić information content (AvgIpc) is 2.86. The topological polar surface area (TPSA) is 64.6 Å². The number of aliphatic hydroxyl groups excluding tert-OH is 1. The highest BCUT2D eigenvalue weighted by atomic mass is 19.1. The predicted octanol–water partition coefficient (Wildman–Crippen LogP) is 1.22. The normalized spacial score (nSPS) is 19.4. The Hall–Kier alpha value is -1.89. The first-order valence-corrected chi connectivity index (χ1v) is 6.87. The number of amides is 2. The molecule has 21 heavy (non-hydrogen) atoms. The Bertz CT molecular complexity index is 513. The van der Waals surface area contributed by atoms with E-state index in [2.05, 4.69) is 10.6 Å². The van der Waals surface area contributed by atoms with Gasteiger partial charge in [-0.3, -0.25) is 0 Å². The van der Waals surface area contributed by atoms with Gasteiger partial charge in [0.05, 0.1) is 18.3 Å². The molecule has 1 fully saturated rings. The molecule has 0 spiro atoms. The minimum Gasteiger partial charge on any atom is -0.394 e. The molecule has 1 saturated heterocycles. The maximum atomic E-state index is 13.7. The third-order valence-electron chi connectivity index (χ3n) is 3.43. The van der Waals surface area contributed by atoms with Crippen LogP contribution in [0.2, 0.25) is 0 Å². The molecule has 0 bridgehead atoms. The van der Waals surface area contributed by atoms with Gasteiger partial charge in [0, 0.05) is 25.2 Å². The highest BCUT2D eigenvalue weighted by Gasteiger charge is 2.26. The van der Waals surface area contributed by atoms with Gasteiger partial charge < -0.3 is 20.6 Å². The highest BCUT2D eigenvalue weighted by Crippen LogP contribution is 2.24. The van der Waals surface area contributed by atoms with Gasteiger partial charge in [-0.25, -0.2) is 13.6 Å². The molecule has 1 aromatic rings. The minimum absolute atomic E-state index is 0.111. The second-order valence-electron chi connectivity index (χ2n) is 5.23. The number of aliphatic hydroxyl groups is 1. The third-order valence-corrected chi connectivity index (χ3v) is 3.43. The van der Waals surface area contributed by atoms with Crippen LogP contribution in [0.5, 0.6) is 0 Å².